The summed E-state index contributed by atoms with van der Waals surface area (Å²) in [5, 5.41) is 7.18. The number of anilines is 2. The SMILES string of the molecule is Cc1ccc(NC(=O)c2cc(N3CCOCC3)on2)cc1Cl. The summed E-state index contributed by atoms with van der Waals surface area (Å²) in [6.07, 6.45) is 0. The normalized spacial score (nSPS) is 14.9. The van der Waals surface area contributed by atoms with Crippen LogP contribution in [0.5, 0.6) is 0 Å². The molecular weight excluding hydrogens is 306 g/mol. The van der Waals surface area contributed by atoms with Crippen molar-refractivity contribution >= 4 is 29.1 Å². The van der Waals surface area contributed by atoms with Gasteiger partial charge in [0.25, 0.3) is 5.91 Å². The summed E-state index contributed by atoms with van der Waals surface area (Å²) in [5.41, 5.74) is 1.81. The van der Waals surface area contributed by atoms with Crippen molar-refractivity contribution in [2.75, 3.05) is 36.5 Å². The monoisotopic (exact) mass is 321 g/mol. The van der Waals surface area contributed by atoms with E-state index in [9.17, 15) is 4.79 Å². The largest absolute Gasteiger partial charge is 0.378 e. The van der Waals surface area contributed by atoms with Gasteiger partial charge in [-0.2, -0.15) is 0 Å². The molecule has 0 spiro atoms. The van der Waals surface area contributed by atoms with E-state index in [4.69, 9.17) is 20.9 Å². The number of morpholine rings is 1. The summed E-state index contributed by atoms with van der Waals surface area (Å²) in [6.45, 7) is 4.64. The Morgan fingerprint density at radius 1 is 1.32 bits per heavy atom. The summed E-state index contributed by atoms with van der Waals surface area (Å²) in [5.74, 6) is 0.249. The Bertz CT molecular complexity index is 680. The molecule has 1 fully saturated rings. The number of hydrogen-bond acceptors (Lipinski definition) is 5. The molecule has 0 saturated carbocycles. The van der Waals surface area contributed by atoms with Gasteiger partial charge in [-0.1, -0.05) is 22.8 Å². The molecule has 3 rings (SSSR count). The molecule has 0 bridgehead atoms. The lowest BCUT2D eigenvalue weighted by Crippen LogP contribution is -2.35. The fraction of sp³-hybridized carbons (Fsp3) is 0.333. The van der Waals surface area contributed by atoms with E-state index in [1.54, 1.807) is 18.2 Å². The Labute approximate surface area is 133 Å². The average Bonchev–Trinajstić information content (AvgIpc) is 3.02. The first-order valence-corrected chi connectivity index (χ1v) is 7.38. The van der Waals surface area contributed by atoms with Gasteiger partial charge in [-0.05, 0) is 24.6 Å². The number of carbonyl (C=O) groups is 1. The van der Waals surface area contributed by atoms with Crippen molar-refractivity contribution in [1.29, 1.82) is 0 Å². The van der Waals surface area contributed by atoms with Crippen LogP contribution >= 0.6 is 11.6 Å². The molecule has 7 heteroatoms. The van der Waals surface area contributed by atoms with Gasteiger partial charge in [0.05, 0.1) is 13.2 Å². The van der Waals surface area contributed by atoms with Crippen molar-refractivity contribution in [2.45, 2.75) is 6.92 Å². The Kier molecular flexibility index (Phi) is 4.31. The standard InChI is InChI=1S/C15H16ClN3O3/c1-10-2-3-11(8-12(10)16)17-15(20)13-9-14(22-18-13)19-4-6-21-7-5-19/h2-3,8-9H,4-7H2,1H3,(H,17,20). The van der Waals surface area contributed by atoms with E-state index in [0.717, 1.165) is 18.7 Å². The smallest absolute Gasteiger partial charge is 0.277 e. The van der Waals surface area contributed by atoms with Crippen LogP contribution in [0.15, 0.2) is 28.8 Å². The fourth-order valence-corrected chi connectivity index (χ4v) is 2.35. The highest BCUT2D eigenvalue weighted by atomic mass is 35.5. The number of hydrogen-bond donors (Lipinski definition) is 1. The van der Waals surface area contributed by atoms with Gasteiger partial charge in [0.1, 0.15) is 0 Å². The van der Waals surface area contributed by atoms with E-state index in [1.807, 2.05) is 17.9 Å². The second kappa shape index (κ2) is 6.37. The first-order chi connectivity index (χ1) is 10.6. The van der Waals surface area contributed by atoms with Gasteiger partial charge in [-0.3, -0.25) is 4.79 Å². The Morgan fingerprint density at radius 2 is 2.09 bits per heavy atom. The first-order valence-electron chi connectivity index (χ1n) is 7.00. The number of rotatable bonds is 3. The molecule has 2 aromatic rings. The minimum Gasteiger partial charge on any atom is -0.378 e. The van der Waals surface area contributed by atoms with Crippen molar-refractivity contribution in [3.8, 4) is 0 Å². The highest BCUT2D eigenvalue weighted by Crippen LogP contribution is 2.21. The summed E-state index contributed by atoms with van der Waals surface area (Å²) in [7, 11) is 0. The fourth-order valence-electron chi connectivity index (χ4n) is 2.17. The van der Waals surface area contributed by atoms with Gasteiger partial charge in [-0.25, -0.2) is 0 Å². The number of nitrogens with one attached hydrogen (secondary N) is 1. The second-order valence-electron chi connectivity index (χ2n) is 5.07. The lowest BCUT2D eigenvalue weighted by Gasteiger charge is -2.25. The molecule has 1 aliphatic rings. The zero-order valence-electron chi connectivity index (χ0n) is 12.1. The Morgan fingerprint density at radius 3 is 2.82 bits per heavy atom. The topological polar surface area (TPSA) is 67.6 Å². The summed E-state index contributed by atoms with van der Waals surface area (Å²) in [4.78, 5) is 14.2. The van der Waals surface area contributed by atoms with Gasteiger partial charge < -0.3 is 19.5 Å². The lowest BCUT2D eigenvalue weighted by atomic mass is 10.2. The maximum absolute atomic E-state index is 12.2. The van der Waals surface area contributed by atoms with E-state index in [-0.39, 0.29) is 11.6 Å². The molecule has 1 amide bonds. The third-order valence-corrected chi connectivity index (χ3v) is 3.89. The Hall–Kier alpha value is -2.05. The number of halogens is 1. The van der Waals surface area contributed by atoms with Crippen LogP contribution in [0.2, 0.25) is 5.02 Å². The number of aromatic nitrogens is 1. The molecule has 0 aliphatic carbocycles. The maximum atomic E-state index is 12.2. The molecule has 2 heterocycles. The number of carbonyl (C=O) groups excluding carboxylic acids is 1. The highest BCUT2D eigenvalue weighted by Gasteiger charge is 2.19. The van der Waals surface area contributed by atoms with E-state index >= 15 is 0 Å². The molecule has 6 nitrogen and oxygen atoms in total. The molecule has 0 atom stereocenters. The summed E-state index contributed by atoms with van der Waals surface area (Å²) in [6, 6.07) is 6.98. The van der Waals surface area contributed by atoms with Crippen molar-refractivity contribution in [1.82, 2.24) is 5.16 Å². The summed E-state index contributed by atoms with van der Waals surface area (Å²) >= 11 is 6.05. The first kappa shape index (κ1) is 14.9. The Balaban J connectivity index is 1.69. The van der Waals surface area contributed by atoms with Gasteiger partial charge >= 0.3 is 0 Å². The van der Waals surface area contributed by atoms with Crippen LogP contribution in [-0.4, -0.2) is 37.4 Å². The third kappa shape index (κ3) is 3.23. The predicted molar refractivity (Wildman–Crippen MR) is 83.7 cm³/mol. The van der Waals surface area contributed by atoms with Crippen molar-refractivity contribution in [2.24, 2.45) is 0 Å². The zero-order chi connectivity index (χ0) is 15.5. The molecule has 1 aromatic carbocycles. The molecule has 1 aromatic heterocycles. The van der Waals surface area contributed by atoms with E-state index in [1.165, 1.54) is 0 Å². The number of benzene rings is 1. The van der Waals surface area contributed by atoms with Gasteiger partial charge in [0, 0.05) is 29.9 Å². The molecule has 1 aliphatic heterocycles. The van der Waals surface area contributed by atoms with Crippen LogP contribution in [0.1, 0.15) is 16.1 Å². The molecule has 1 N–H and O–H groups in total. The van der Waals surface area contributed by atoms with Crippen LogP contribution in [0.25, 0.3) is 0 Å². The molecular formula is C15H16ClN3O3. The van der Waals surface area contributed by atoms with Crippen LogP contribution in [-0.2, 0) is 4.74 Å². The van der Waals surface area contributed by atoms with Crippen molar-refractivity contribution < 1.29 is 14.1 Å². The molecule has 0 unspecified atom stereocenters. The number of aryl methyl sites for hydroxylation is 1. The minimum atomic E-state index is -0.330. The van der Waals surface area contributed by atoms with Crippen LogP contribution < -0.4 is 10.2 Å². The quantitative estimate of drug-likeness (QED) is 0.941. The van der Waals surface area contributed by atoms with Crippen LogP contribution in [0, 0.1) is 6.92 Å². The van der Waals surface area contributed by atoms with E-state index < -0.39 is 0 Å². The van der Waals surface area contributed by atoms with Crippen LogP contribution in [0.3, 0.4) is 0 Å². The number of nitrogens with zero attached hydrogens (tertiary/aromatic N) is 2. The lowest BCUT2D eigenvalue weighted by molar-refractivity contribution is 0.101. The van der Waals surface area contributed by atoms with E-state index in [2.05, 4.69) is 10.5 Å². The molecule has 0 radical (unpaired) electrons. The second-order valence-corrected chi connectivity index (χ2v) is 5.48. The zero-order valence-corrected chi connectivity index (χ0v) is 12.9. The average molecular weight is 322 g/mol. The minimum absolute atomic E-state index is 0.234. The van der Waals surface area contributed by atoms with Crippen molar-refractivity contribution in [3.63, 3.8) is 0 Å². The van der Waals surface area contributed by atoms with Crippen molar-refractivity contribution in [3.05, 3.63) is 40.5 Å². The molecule has 1 saturated heterocycles. The third-order valence-electron chi connectivity index (χ3n) is 3.48. The highest BCUT2D eigenvalue weighted by molar-refractivity contribution is 6.31. The van der Waals surface area contributed by atoms with Gasteiger partial charge in [-0.15, -0.1) is 0 Å². The van der Waals surface area contributed by atoms with Gasteiger partial charge in [0.2, 0.25) is 5.88 Å². The maximum Gasteiger partial charge on any atom is 0.277 e. The number of ether oxygens (including phenoxy) is 1. The predicted octanol–water partition coefficient (Wildman–Crippen LogP) is 2.73. The summed E-state index contributed by atoms with van der Waals surface area (Å²) < 4.78 is 10.5. The number of amides is 1. The molecule has 116 valence electrons. The molecule has 22 heavy (non-hydrogen) atoms. The van der Waals surface area contributed by atoms with Crippen LogP contribution in [0.4, 0.5) is 11.6 Å². The van der Waals surface area contributed by atoms with E-state index in [0.29, 0.717) is 29.8 Å². The van der Waals surface area contributed by atoms with Gasteiger partial charge in [0.15, 0.2) is 5.69 Å².